The van der Waals surface area contributed by atoms with Crippen LogP contribution < -0.4 is 0 Å². The Morgan fingerprint density at radius 2 is 2.44 bits per heavy atom. The minimum atomic E-state index is -0.542. The molecule has 0 spiro atoms. The molecular weight excluding hydrogens is 121 g/mol. The Labute approximate surface area is 52.0 Å². The van der Waals surface area contributed by atoms with Gasteiger partial charge in [-0.15, -0.1) is 0 Å². The minimum Gasteiger partial charge on any atom is -0.264 e. The predicted molar refractivity (Wildman–Crippen MR) is 28.6 cm³/mol. The molecule has 1 aromatic heterocycles. The van der Waals surface area contributed by atoms with Gasteiger partial charge in [0, 0.05) is 18.0 Å². The predicted octanol–water partition coefficient (Wildman–Crippen LogP) is 1.15. The molecule has 0 amide bonds. The number of hydrogen-bond donors (Lipinski definition) is 0. The Morgan fingerprint density at radius 3 is 2.89 bits per heavy atom. The largest absolute Gasteiger partial charge is 0.264 e. The Morgan fingerprint density at radius 1 is 1.67 bits per heavy atom. The second kappa shape index (κ2) is 2.55. The first-order valence-corrected chi connectivity index (χ1v) is 2.51. The van der Waals surface area contributed by atoms with E-state index < -0.39 is 12.4 Å². The van der Waals surface area contributed by atoms with Crippen molar-refractivity contribution in [2.45, 2.75) is 6.61 Å². The van der Waals surface area contributed by atoms with Crippen molar-refractivity contribution in [3.8, 4) is 0 Å². The second-order valence-corrected chi connectivity index (χ2v) is 1.61. The zero-order valence-corrected chi connectivity index (χ0v) is 4.67. The summed E-state index contributed by atoms with van der Waals surface area (Å²) in [7, 11) is 0. The molecule has 1 aromatic rings. The molecule has 47 valence electrons. The summed E-state index contributed by atoms with van der Waals surface area (Å²) in [4.78, 5) is 3.58. The Kier molecular flexibility index (Phi) is 1.75. The van der Waals surface area contributed by atoms with Crippen LogP contribution in [0.25, 0.3) is 0 Å². The second-order valence-electron chi connectivity index (χ2n) is 1.61. The van der Waals surface area contributed by atoms with E-state index >= 15 is 0 Å². The lowest BCUT2D eigenvalue weighted by atomic mass is 10.3. The van der Waals surface area contributed by atoms with Crippen molar-refractivity contribution in [3.63, 3.8) is 0 Å². The molecule has 0 unspecified atom stereocenters. The van der Waals surface area contributed by atoms with Crippen molar-refractivity contribution in [1.29, 1.82) is 0 Å². The first kappa shape index (κ1) is 6.16. The Hall–Kier alpha value is -0.960. The van der Waals surface area contributed by atoms with Gasteiger partial charge in [0.05, 0.1) is 0 Å². The molecule has 0 aliphatic heterocycles. The SMILES string of the molecule is [O]Cc1cnccc1F. The van der Waals surface area contributed by atoms with Crippen LogP contribution in [0.5, 0.6) is 0 Å². The smallest absolute Gasteiger partial charge is 0.131 e. The fraction of sp³-hybridized carbons (Fsp3) is 0.167. The molecule has 0 N–H and O–H groups in total. The highest BCUT2D eigenvalue weighted by Crippen LogP contribution is 2.02. The third kappa shape index (κ3) is 1.23. The zero-order chi connectivity index (χ0) is 6.69. The molecule has 0 bridgehead atoms. The van der Waals surface area contributed by atoms with E-state index in [9.17, 15) is 9.50 Å². The van der Waals surface area contributed by atoms with Crippen molar-refractivity contribution in [2.24, 2.45) is 0 Å². The summed E-state index contributed by atoms with van der Waals surface area (Å²) >= 11 is 0. The summed E-state index contributed by atoms with van der Waals surface area (Å²) in [6.45, 7) is -0.542. The van der Waals surface area contributed by atoms with Crippen LogP contribution in [0.4, 0.5) is 4.39 Å². The lowest BCUT2D eigenvalue weighted by molar-refractivity contribution is 0.173. The summed E-state index contributed by atoms with van der Waals surface area (Å²) in [5.74, 6) is -0.472. The molecule has 0 fully saturated rings. The van der Waals surface area contributed by atoms with E-state index in [0.717, 1.165) is 0 Å². The van der Waals surface area contributed by atoms with Crippen molar-refractivity contribution in [2.75, 3.05) is 0 Å². The quantitative estimate of drug-likeness (QED) is 0.555. The van der Waals surface area contributed by atoms with Gasteiger partial charge in [-0.1, -0.05) is 0 Å². The van der Waals surface area contributed by atoms with Gasteiger partial charge in [0.2, 0.25) is 0 Å². The third-order valence-corrected chi connectivity index (χ3v) is 1.000. The number of pyridine rings is 1. The average Bonchev–Trinajstić information content (AvgIpc) is 1.89. The molecule has 0 aromatic carbocycles. The van der Waals surface area contributed by atoms with Gasteiger partial charge < -0.3 is 0 Å². The van der Waals surface area contributed by atoms with Gasteiger partial charge in [0.15, 0.2) is 0 Å². The van der Waals surface area contributed by atoms with E-state index in [1.54, 1.807) is 0 Å². The van der Waals surface area contributed by atoms with E-state index in [2.05, 4.69) is 4.98 Å². The maximum Gasteiger partial charge on any atom is 0.131 e. The van der Waals surface area contributed by atoms with Crippen LogP contribution in [0.15, 0.2) is 18.5 Å². The van der Waals surface area contributed by atoms with Crippen LogP contribution in [-0.2, 0) is 11.7 Å². The normalized spacial score (nSPS) is 9.56. The van der Waals surface area contributed by atoms with Gasteiger partial charge in [-0.2, -0.15) is 0 Å². The van der Waals surface area contributed by atoms with Gasteiger partial charge in [0.25, 0.3) is 0 Å². The van der Waals surface area contributed by atoms with Crippen molar-refractivity contribution >= 4 is 0 Å². The van der Waals surface area contributed by atoms with E-state index in [0.29, 0.717) is 0 Å². The number of nitrogens with zero attached hydrogens (tertiary/aromatic N) is 1. The van der Waals surface area contributed by atoms with Gasteiger partial charge >= 0.3 is 0 Å². The standard InChI is InChI=1S/C6H5FNO/c7-6-1-2-8-3-5(6)4-9/h1-3H,4H2. The van der Waals surface area contributed by atoms with Crippen molar-refractivity contribution in [1.82, 2.24) is 4.98 Å². The van der Waals surface area contributed by atoms with Crippen LogP contribution in [0, 0.1) is 5.82 Å². The molecular formula is C6H5FNO. The lowest BCUT2D eigenvalue weighted by Crippen LogP contribution is -1.87. The summed E-state index contributed by atoms with van der Waals surface area (Å²) in [6.07, 6.45) is 2.55. The first-order chi connectivity index (χ1) is 4.34. The summed E-state index contributed by atoms with van der Waals surface area (Å²) in [5, 5.41) is 10.1. The molecule has 0 aliphatic carbocycles. The number of rotatable bonds is 1. The molecule has 0 atom stereocenters. The highest BCUT2D eigenvalue weighted by Gasteiger charge is 1.97. The Balaban J connectivity index is 3.01. The van der Waals surface area contributed by atoms with Crippen LogP contribution >= 0.6 is 0 Å². The summed E-state index contributed by atoms with van der Waals surface area (Å²) < 4.78 is 12.3. The topological polar surface area (TPSA) is 32.8 Å². The zero-order valence-electron chi connectivity index (χ0n) is 4.67. The maximum atomic E-state index is 12.3. The van der Waals surface area contributed by atoms with Gasteiger partial charge in [-0.25, -0.2) is 9.50 Å². The van der Waals surface area contributed by atoms with Gasteiger partial charge in [-0.05, 0) is 6.07 Å². The molecule has 1 heterocycles. The van der Waals surface area contributed by atoms with Gasteiger partial charge in [-0.3, -0.25) is 4.98 Å². The van der Waals surface area contributed by atoms with Crippen molar-refractivity contribution < 1.29 is 9.50 Å². The molecule has 9 heavy (non-hydrogen) atoms. The van der Waals surface area contributed by atoms with Crippen molar-refractivity contribution in [3.05, 3.63) is 29.8 Å². The lowest BCUT2D eigenvalue weighted by Gasteiger charge is -1.92. The van der Waals surface area contributed by atoms with Crippen LogP contribution in [0.2, 0.25) is 0 Å². The average molecular weight is 126 g/mol. The van der Waals surface area contributed by atoms with Gasteiger partial charge in [0.1, 0.15) is 12.4 Å². The number of halogens is 1. The molecule has 1 radical (unpaired) electrons. The number of aromatic nitrogens is 1. The molecule has 3 heteroatoms. The molecule has 1 rings (SSSR count). The molecule has 0 saturated carbocycles. The molecule has 0 saturated heterocycles. The summed E-state index contributed by atoms with van der Waals surface area (Å²) in [6, 6.07) is 1.17. The fourth-order valence-corrected chi connectivity index (χ4v) is 0.516. The van der Waals surface area contributed by atoms with Crippen LogP contribution in [0.1, 0.15) is 5.56 Å². The van der Waals surface area contributed by atoms with E-state index in [1.165, 1.54) is 18.5 Å². The number of hydrogen-bond acceptors (Lipinski definition) is 1. The van der Waals surface area contributed by atoms with E-state index in [1.807, 2.05) is 0 Å². The minimum absolute atomic E-state index is 0.123. The first-order valence-electron chi connectivity index (χ1n) is 2.51. The monoisotopic (exact) mass is 126 g/mol. The van der Waals surface area contributed by atoms with Crippen LogP contribution in [0.3, 0.4) is 0 Å². The highest BCUT2D eigenvalue weighted by atomic mass is 19.1. The van der Waals surface area contributed by atoms with E-state index in [-0.39, 0.29) is 5.56 Å². The molecule has 0 aliphatic rings. The molecule has 2 nitrogen and oxygen atoms in total. The van der Waals surface area contributed by atoms with E-state index in [4.69, 9.17) is 0 Å². The third-order valence-electron chi connectivity index (χ3n) is 1.000. The fourth-order valence-electron chi connectivity index (χ4n) is 0.516. The maximum absolute atomic E-state index is 12.3. The summed E-state index contributed by atoms with van der Waals surface area (Å²) in [5.41, 5.74) is 0.123. The highest BCUT2D eigenvalue weighted by molar-refractivity contribution is 5.09. The Bertz CT molecular complexity index is 202. The van der Waals surface area contributed by atoms with Crippen LogP contribution in [-0.4, -0.2) is 4.98 Å².